The van der Waals surface area contributed by atoms with E-state index in [1.807, 2.05) is 79.7 Å². The molecule has 3 aromatic rings. The normalized spacial score (nSPS) is 15.0. The van der Waals surface area contributed by atoms with Gasteiger partial charge in [0.2, 0.25) is 5.91 Å². The highest BCUT2D eigenvalue weighted by Crippen LogP contribution is 2.33. The van der Waals surface area contributed by atoms with E-state index in [2.05, 4.69) is 16.0 Å². The standard InChI is InChI=1S/C27H26N4O3S/c1-18-24(26(33)29-20-13-7-4-8-14-20)25(19-11-5-3-6-12-19)31-27(28-18)35-17-23(32)30-21-15-9-10-16-22(21)34-2/h3-16,25H,17H2,1-2H3,(H,28,31)(H,29,33)(H,30,32)/t25-/m1/s1. The molecule has 1 aliphatic heterocycles. The molecule has 1 heterocycles. The fraction of sp³-hybridized carbons (Fsp3) is 0.148. The minimum atomic E-state index is -0.499. The third-order valence-corrected chi connectivity index (χ3v) is 6.22. The number of carbonyl (C=O) groups is 2. The Bertz CT molecular complexity index is 1260. The molecule has 35 heavy (non-hydrogen) atoms. The van der Waals surface area contributed by atoms with Gasteiger partial charge >= 0.3 is 0 Å². The molecule has 0 spiro atoms. The fourth-order valence-corrected chi connectivity index (χ4v) is 4.42. The van der Waals surface area contributed by atoms with Crippen LogP contribution < -0.4 is 20.7 Å². The average Bonchev–Trinajstić information content (AvgIpc) is 2.88. The summed E-state index contributed by atoms with van der Waals surface area (Å²) in [5.41, 5.74) is 3.43. The number of nitrogens with zero attached hydrogens (tertiary/aromatic N) is 1. The summed E-state index contributed by atoms with van der Waals surface area (Å²) in [6.45, 7) is 1.85. The van der Waals surface area contributed by atoms with Crippen LogP contribution in [0.15, 0.2) is 101 Å². The minimum absolute atomic E-state index is 0.143. The lowest BCUT2D eigenvalue weighted by molar-refractivity contribution is -0.114. The Morgan fingerprint density at radius 1 is 0.943 bits per heavy atom. The maximum absolute atomic E-state index is 13.2. The third-order valence-electron chi connectivity index (χ3n) is 5.33. The summed E-state index contributed by atoms with van der Waals surface area (Å²) >= 11 is 1.28. The topological polar surface area (TPSA) is 91.8 Å². The van der Waals surface area contributed by atoms with Crippen LogP contribution in [0.1, 0.15) is 18.5 Å². The number of ether oxygens (including phenoxy) is 1. The van der Waals surface area contributed by atoms with E-state index in [9.17, 15) is 9.59 Å². The van der Waals surface area contributed by atoms with E-state index in [1.54, 1.807) is 19.2 Å². The van der Waals surface area contributed by atoms with Gasteiger partial charge in [-0.1, -0.05) is 72.4 Å². The molecular formula is C27H26N4O3S. The number of benzene rings is 3. The van der Waals surface area contributed by atoms with E-state index in [-0.39, 0.29) is 17.6 Å². The van der Waals surface area contributed by atoms with Crippen LogP contribution in [-0.4, -0.2) is 29.8 Å². The Morgan fingerprint density at radius 3 is 2.31 bits per heavy atom. The molecule has 0 aliphatic carbocycles. The second-order valence-electron chi connectivity index (χ2n) is 7.77. The summed E-state index contributed by atoms with van der Waals surface area (Å²) in [6.07, 6.45) is 0. The zero-order chi connectivity index (χ0) is 24.6. The van der Waals surface area contributed by atoms with E-state index in [0.29, 0.717) is 33.6 Å². The van der Waals surface area contributed by atoms with Crippen LogP contribution in [0.25, 0.3) is 0 Å². The lowest BCUT2D eigenvalue weighted by Crippen LogP contribution is -2.32. The number of methoxy groups -OCH3 is 1. The van der Waals surface area contributed by atoms with Crippen LogP contribution in [0.2, 0.25) is 0 Å². The van der Waals surface area contributed by atoms with Crippen molar-refractivity contribution in [2.24, 2.45) is 4.99 Å². The van der Waals surface area contributed by atoms with Crippen molar-refractivity contribution < 1.29 is 14.3 Å². The van der Waals surface area contributed by atoms with Crippen molar-refractivity contribution >= 4 is 40.1 Å². The molecule has 4 rings (SSSR count). The van der Waals surface area contributed by atoms with Gasteiger partial charge in [-0.3, -0.25) is 9.59 Å². The highest BCUT2D eigenvalue weighted by atomic mass is 32.2. The molecule has 0 saturated carbocycles. The van der Waals surface area contributed by atoms with Crippen molar-refractivity contribution in [1.29, 1.82) is 0 Å². The van der Waals surface area contributed by atoms with Crippen LogP contribution in [0.5, 0.6) is 5.75 Å². The predicted octanol–water partition coefficient (Wildman–Crippen LogP) is 4.98. The first-order valence-electron chi connectivity index (χ1n) is 11.1. The number of hydrogen-bond donors (Lipinski definition) is 3. The molecule has 8 heteroatoms. The van der Waals surface area contributed by atoms with E-state index >= 15 is 0 Å². The van der Waals surface area contributed by atoms with Crippen molar-refractivity contribution in [3.63, 3.8) is 0 Å². The van der Waals surface area contributed by atoms with Gasteiger partial charge in [-0.15, -0.1) is 0 Å². The first-order valence-corrected chi connectivity index (χ1v) is 12.1. The Labute approximate surface area is 208 Å². The summed E-state index contributed by atoms with van der Waals surface area (Å²) in [7, 11) is 1.56. The zero-order valence-electron chi connectivity index (χ0n) is 19.4. The molecule has 3 aromatic carbocycles. The molecule has 1 atom stereocenters. The van der Waals surface area contributed by atoms with Crippen LogP contribution in [0, 0.1) is 0 Å². The van der Waals surface area contributed by atoms with E-state index in [0.717, 1.165) is 5.56 Å². The molecule has 0 bridgehead atoms. The molecular weight excluding hydrogens is 460 g/mol. The molecule has 2 amide bonds. The number of amidine groups is 1. The average molecular weight is 487 g/mol. The monoisotopic (exact) mass is 486 g/mol. The van der Waals surface area contributed by atoms with Gasteiger partial charge in [0.1, 0.15) is 11.8 Å². The molecule has 178 valence electrons. The Hall–Kier alpha value is -4.04. The number of carbonyl (C=O) groups excluding carboxylic acids is 2. The number of allylic oxidation sites excluding steroid dienone is 1. The lowest BCUT2D eigenvalue weighted by atomic mass is 9.96. The molecule has 7 nitrogen and oxygen atoms in total. The quantitative estimate of drug-likeness (QED) is 0.438. The highest BCUT2D eigenvalue weighted by molar-refractivity contribution is 8.14. The van der Waals surface area contributed by atoms with Gasteiger partial charge < -0.3 is 20.7 Å². The summed E-state index contributed by atoms with van der Waals surface area (Å²) in [5.74, 6) is 0.326. The second-order valence-corrected chi connectivity index (χ2v) is 8.73. The maximum atomic E-state index is 13.2. The second kappa shape index (κ2) is 11.4. The summed E-state index contributed by atoms with van der Waals surface area (Å²) in [5, 5.41) is 9.60. The van der Waals surface area contributed by atoms with Gasteiger partial charge in [0.15, 0.2) is 5.17 Å². The van der Waals surface area contributed by atoms with Gasteiger partial charge in [-0.25, -0.2) is 4.99 Å². The first kappa shape index (κ1) is 24.1. The molecule has 0 aromatic heterocycles. The van der Waals surface area contributed by atoms with Gasteiger partial charge in [-0.2, -0.15) is 0 Å². The molecule has 0 fully saturated rings. The van der Waals surface area contributed by atoms with E-state index < -0.39 is 6.04 Å². The molecule has 3 N–H and O–H groups in total. The largest absolute Gasteiger partial charge is 0.495 e. The van der Waals surface area contributed by atoms with Crippen molar-refractivity contribution in [3.05, 3.63) is 102 Å². The van der Waals surface area contributed by atoms with E-state index in [4.69, 9.17) is 9.73 Å². The summed E-state index contributed by atoms with van der Waals surface area (Å²) < 4.78 is 5.29. The van der Waals surface area contributed by atoms with Crippen LogP contribution in [0.4, 0.5) is 11.4 Å². The fourth-order valence-electron chi connectivity index (χ4n) is 3.68. The number of rotatable bonds is 7. The zero-order valence-corrected chi connectivity index (χ0v) is 20.3. The maximum Gasteiger partial charge on any atom is 0.255 e. The van der Waals surface area contributed by atoms with Crippen LogP contribution in [-0.2, 0) is 9.59 Å². The van der Waals surface area contributed by atoms with Crippen molar-refractivity contribution in [3.8, 4) is 5.75 Å². The van der Waals surface area contributed by atoms with Crippen LogP contribution in [0.3, 0.4) is 0 Å². The number of para-hydroxylation sites is 3. The first-order chi connectivity index (χ1) is 17.0. The highest BCUT2D eigenvalue weighted by Gasteiger charge is 2.29. The Morgan fingerprint density at radius 2 is 1.60 bits per heavy atom. The van der Waals surface area contributed by atoms with Crippen LogP contribution >= 0.6 is 11.8 Å². The number of hydrogen-bond acceptors (Lipinski definition) is 6. The predicted molar refractivity (Wildman–Crippen MR) is 142 cm³/mol. The van der Waals surface area contributed by atoms with Gasteiger partial charge in [0, 0.05) is 11.4 Å². The number of nitrogens with one attached hydrogen (secondary N) is 3. The van der Waals surface area contributed by atoms with Gasteiger partial charge in [-0.05, 0) is 36.8 Å². The van der Waals surface area contributed by atoms with Gasteiger partial charge in [0.05, 0.1) is 24.1 Å². The molecule has 0 radical (unpaired) electrons. The summed E-state index contributed by atoms with van der Waals surface area (Å²) in [4.78, 5) is 30.6. The van der Waals surface area contributed by atoms with E-state index in [1.165, 1.54) is 11.8 Å². The molecule has 0 saturated heterocycles. The number of amides is 2. The van der Waals surface area contributed by atoms with Crippen molar-refractivity contribution in [2.45, 2.75) is 13.0 Å². The lowest BCUT2D eigenvalue weighted by Gasteiger charge is -2.26. The summed E-state index contributed by atoms with van der Waals surface area (Å²) in [6, 6.07) is 25.7. The number of anilines is 2. The number of aliphatic imine (C=N–C) groups is 1. The van der Waals surface area contributed by atoms with Crippen molar-refractivity contribution in [1.82, 2.24) is 5.32 Å². The molecule has 1 aliphatic rings. The third kappa shape index (κ3) is 6.10. The van der Waals surface area contributed by atoms with Gasteiger partial charge in [0.25, 0.3) is 5.91 Å². The number of thioether (sulfide) groups is 1. The van der Waals surface area contributed by atoms with Crippen molar-refractivity contribution in [2.75, 3.05) is 23.5 Å². The SMILES string of the molecule is COc1ccccc1NC(=O)CSC1=N[C@H](c2ccccc2)C(C(=O)Nc2ccccc2)=C(C)N1. The Balaban J connectivity index is 1.50. The Kier molecular flexibility index (Phi) is 7.84. The molecule has 0 unspecified atom stereocenters. The minimum Gasteiger partial charge on any atom is -0.495 e. The smallest absolute Gasteiger partial charge is 0.255 e.